The predicted molar refractivity (Wildman–Crippen MR) is 67.0 cm³/mol. The van der Waals surface area contributed by atoms with Crippen LogP contribution in [0, 0.1) is 6.92 Å². The van der Waals surface area contributed by atoms with Gasteiger partial charge in [0.1, 0.15) is 0 Å². The number of nitrogens with zero attached hydrogens (tertiary/aromatic N) is 2. The average molecular weight is 262 g/mol. The molecule has 3 N–H and O–H groups in total. The molecule has 0 radical (unpaired) electrons. The number of aliphatic hydroxyl groups excluding tert-OH is 2. The highest BCUT2D eigenvalue weighted by Crippen LogP contribution is 2.20. The molecule has 98 valence electrons. The number of halogens is 1. The molecule has 0 amide bonds. The van der Waals surface area contributed by atoms with Crippen LogP contribution in [0.5, 0.6) is 0 Å². The summed E-state index contributed by atoms with van der Waals surface area (Å²) in [5, 5.41) is 26.6. The van der Waals surface area contributed by atoms with Crippen LogP contribution >= 0.6 is 11.6 Å². The molecule has 0 aliphatic rings. The Hall–Kier alpha value is -0.620. The van der Waals surface area contributed by atoms with Crippen molar-refractivity contribution in [2.75, 3.05) is 13.2 Å². The van der Waals surface area contributed by atoms with Gasteiger partial charge in [-0.05, 0) is 13.3 Å². The molecular formula is C11H20ClN3O2. The standard InChI is InChI=1S/C11H20ClN3O2/c1-4-11(6-16,7-17)13-5-9-10(12)8(2)14-15(9)3/h13,16-17H,4-7H2,1-3H3. The molecule has 6 heteroatoms. The molecule has 0 saturated heterocycles. The second kappa shape index (κ2) is 5.82. The summed E-state index contributed by atoms with van der Waals surface area (Å²) in [5.74, 6) is 0. The Labute approximate surface area is 106 Å². The molecule has 0 aliphatic carbocycles. The van der Waals surface area contributed by atoms with Gasteiger partial charge in [-0.15, -0.1) is 0 Å². The van der Waals surface area contributed by atoms with Crippen molar-refractivity contribution >= 4 is 11.6 Å². The molecule has 1 aromatic rings. The molecule has 1 aromatic heterocycles. The summed E-state index contributed by atoms with van der Waals surface area (Å²) >= 11 is 6.12. The summed E-state index contributed by atoms with van der Waals surface area (Å²) in [6, 6.07) is 0. The van der Waals surface area contributed by atoms with E-state index < -0.39 is 5.54 Å². The largest absolute Gasteiger partial charge is 0.394 e. The van der Waals surface area contributed by atoms with Gasteiger partial charge in [-0.3, -0.25) is 4.68 Å². The Bertz CT molecular complexity index is 367. The summed E-state index contributed by atoms with van der Waals surface area (Å²) < 4.78 is 1.71. The zero-order valence-electron chi connectivity index (χ0n) is 10.5. The maximum atomic E-state index is 9.32. The second-order valence-electron chi connectivity index (χ2n) is 4.27. The molecular weight excluding hydrogens is 242 g/mol. The molecule has 0 saturated carbocycles. The van der Waals surface area contributed by atoms with Crippen LogP contribution in [0.4, 0.5) is 0 Å². The third-order valence-electron chi connectivity index (χ3n) is 3.17. The Morgan fingerprint density at radius 1 is 1.41 bits per heavy atom. The first kappa shape index (κ1) is 14.4. The van der Waals surface area contributed by atoms with Crippen molar-refractivity contribution in [2.45, 2.75) is 32.4 Å². The maximum Gasteiger partial charge on any atom is 0.0860 e. The molecule has 0 spiro atoms. The molecule has 0 aromatic carbocycles. The lowest BCUT2D eigenvalue weighted by atomic mass is 9.98. The van der Waals surface area contributed by atoms with Crippen molar-refractivity contribution in [2.24, 2.45) is 7.05 Å². The zero-order valence-corrected chi connectivity index (χ0v) is 11.3. The smallest absolute Gasteiger partial charge is 0.0860 e. The third-order valence-corrected chi connectivity index (χ3v) is 3.67. The minimum Gasteiger partial charge on any atom is -0.394 e. The Balaban J connectivity index is 2.79. The van der Waals surface area contributed by atoms with Gasteiger partial charge in [-0.25, -0.2) is 0 Å². The molecule has 0 bridgehead atoms. The maximum absolute atomic E-state index is 9.32. The molecule has 0 unspecified atom stereocenters. The van der Waals surface area contributed by atoms with Crippen molar-refractivity contribution in [3.8, 4) is 0 Å². The fraction of sp³-hybridized carbons (Fsp3) is 0.727. The molecule has 0 aliphatic heterocycles. The van der Waals surface area contributed by atoms with Crippen molar-refractivity contribution in [3.05, 3.63) is 16.4 Å². The minimum absolute atomic E-state index is 0.117. The topological polar surface area (TPSA) is 70.3 Å². The Morgan fingerprint density at radius 2 is 2.00 bits per heavy atom. The average Bonchev–Trinajstić information content (AvgIpc) is 2.57. The van der Waals surface area contributed by atoms with Crippen LogP contribution in [0.25, 0.3) is 0 Å². The number of aliphatic hydroxyl groups is 2. The summed E-state index contributed by atoms with van der Waals surface area (Å²) in [6.07, 6.45) is 0.633. The van der Waals surface area contributed by atoms with Crippen LogP contribution in [0.2, 0.25) is 5.02 Å². The van der Waals surface area contributed by atoms with Crippen LogP contribution in [-0.4, -0.2) is 38.7 Å². The summed E-state index contributed by atoms with van der Waals surface area (Å²) in [4.78, 5) is 0. The van der Waals surface area contributed by atoms with E-state index >= 15 is 0 Å². The highest BCUT2D eigenvalue weighted by molar-refractivity contribution is 6.31. The third kappa shape index (κ3) is 2.98. The molecule has 0 atom stereocenters. The van der Waals surface area contributed by atoms with E-state index in [0.29, 0.717) is 18.0 Å². The predicted octanol–water partition coefficient (Wildman–Crippen LogP) is 0.605. The van der Waals surface area contributed by atoms with E-state index in [0.717, 1.165) is 11.4 Å². The van der Waals surface area contributed by atoms with E-state index in [-0.39, 0.29) is 13.2 Å². The first-order valence-corrected chi connectivity index (χ1v) is 6.02. The van der Waals surface area contributed by atoms with Crippen molar-refractivity contribution in [1.82, 2.24) is 15.1 Å². The number of aromatic nitrogens is 2. The highest BCUT2D eigenvalue weighted by Gasteiger charge is 2.26. The first-order chi connectivity index (χ1) is 7.99. The number of hydrogen-bond donors (Lipinski definition) is 3. The molecule has 17 heavy (non-hydrogen) atoms. The van der Waals surface area contributed by atoms with E-state index in [4.69, 9.17) is 11.6 Å². The van der Waals surface area contributed by atoms with Gasteiger partial charge in [0.25, 0.3) is 0 Å². The molecule has 1 heterocycles. The second-order valence-corrected chi connectivity index (χ2v) is 4.65. The number of rotatable bonds is 6. The van der Waals surface area contributed by atoms with E-state index in [2.05, 4.69) is 10.4 Å². The number of nitrogens with one attached hydrogen (secondary N) is 1. The molecule has 0 fully saturated rings. The van der Waals surface area contributed by atoms with E-state index in [1.165, 1.54) is 0 Å². The van der Waals surface area contributed by atoms with E-state index in [1.807, 2.05) is 20.9 Å². The fourth-order valence-corrected chi connectivity index (χ4v) is 1.88. The highest BCUT2D eigenvalue weighted by atomic mass is 35.5. The van der Waals surface area contributed by atoms with Crippen LogP contribution in [0.1, 0.15) is 24.7 Å². The number of aryl methyl sites for hydroxylation is 2. The van der Waals surface area contributed by atoms with Crippen LogP contribution in [-0.2, 0) is 13.6 Å². The van der Waals surface area contributed by atoms with Crippen molar-refractivity contribution in [1.29, 1.82) is 0 Å². The normalized spacial score (nSPS) is 12.1. The van der Waals surface area contributed by atoms with Gasteiger partial charge in [0.05, 0.1) is 35.2 Å². The molecule has 1 rings (SSSR count). The summed E-state index contributed by atoms with van der Waals surface area (Å²) in [7, 11) is 1.82. The Kier molecular flexibility index (Phi) is 4.94. The van der Waals surface area contributed by atoms with Gasteiger partial charge in [0, 0.05) is 13.6 Å². The van der Waals surface area contributed by atoms with Crippen LogP contribution < -0.4 is 5.32 Å². The van der Waals surface area contributed by atoms with Crippen molar-refractivity contribution in [3.63, 3.8) is 0 Å². The van der Waals surface area contributed by atoms with Gasteiger partial charge in [-0.1, -0.05) is 18.5 Å². The monoisotopic (exact) mass is 261 g/mol. The lowest BCUT2D eigenvalue weighted by Gasteiger charge is -2.29. The quantitative estimate of drug-likeness (QED) is 0.702. The first-order valence-electron chi connectivity index (χ1n) is 5.64. The van der Waals surface area contributed by atoms with Gasteiger partial charge in [-0.2, -0.15) is 5.10 Å². The lowest BCUT2D eigenvalue weighted by Crippen LogP contribution is -2.51. The van der Waals surface area contributed by atoms with E-state index in [1.54, 1.807) is 4.68 Å². The van der Waals surface area contributed by atoms with Gasteiger partial charge in [0.15, 0.2) is 0 Å². The van der Waals surface area contributed by atoms with Crippen LogP contribution in [0.15, 0.2) is 0 Å². The van der Waals surface area contributed by atoms with Crippen LogP contribution in [0.3, 0.4) is 0 Å². The summed E-state index contributed by atoms with van der Waals surface area (Å²) in [5.41, 5.74) is 0.964. The van der Waals surface area contributed by atoms with Gasteiger partial charge in [0.2, 0.25) is 0 Å². The lowest BCUT2D eigenvalue weighted by molar-refractivity contribution is 0.0858. The van der Waals surface area contributed by atoms with E-state index in [9.17, 15) is 10.2 Å². The fourth-order valence-electron chi connectivity index (χ4n) is 1.65. The number of hydrogen-bond acceptors (Lipinski definition) is 4. The van der Waals surface area contributed by atoms with Gasteiger partial charge >= 0.3 is 0 Å². The SMILES string of the molecule is CCC(CO)(CO)NCc1c(Cl)c(C)nn1C. The van der Waals surface area contributed by atoms with Crippen molar-refractivity contribution < 1.29 is 10.2 Å². The Morgan fingerprint density at radius 3 is 2.35 bits per heavy atom. The zero-order chi connectivity index (χ0) is 13.1. The summed E-state index contributed by atoms with van der Waals surface area (Å²) in [6.45, 7) is 3.99. The molecule has 5 nitrogen and oxygen atoms in total. The minimum atomic E-state index is -0.665. The van der Waals surface area contributed by atoms with Gasteiger partial charge < -0.3 is 15.5 Å².